The molecule has 0 radical (unpaired) electrons. The van der Waals surface area contributed by atoms with Crippen LogP contribution >= 0.6 is 0 Å². The molecular weight excluding hydrogens is 170 g/mol. The Hall–Kier alpha value is -0.300. The highest BCUT2D eigenvalue weighted by atomic mass is 15.1. The zero-order valence-corrected chi connectivity index (χ0v) is 10.1. The Bertz CT molecular complexity index is 170. The van der Waals surface area contributed by atoms with E-state index in [1.165, 1.54) is 45.2 Å². The van der Waals surface area contributed by atoms with Gasteiger partial charge in [0.05, 0.1) is 0 Å². The van der Waals surface area contributed by atoms with Crippen LogP contribution in [0.5, 0.6) is 0 Å². The highest BCUT2D eigenvalue weighted by Crippen LogP contribution is 2.19. The van der Waals surface area contributed by atoms with Crippen molar-refractivity contribution in [3.05, 3.63) is 11.6 Å². The molecule has 0 aliphatic carbocycles. The lowest BCUT2D eigenvalue weighted by Crippen LogP contribution is -2.26. The van der Waals surface area contributed by atoms with Gasteiger partial charge in [0.2, 0.25) is 0 Å². The average molecular weight is 195 g/mol. The van der Waals surface area contributed by atoms with Crippen LogP contribution < -0.4 is 0 Å². The maximum Gasteiger partial charge on any atom is 0.00157 e. The van der Waals surface area contributed by atoms with Gasteiger partial charge in [0, 0.05) is 13.1 Å². The Labute approximate surface area is 89.2 Å². The van der Waals surface area contributed by atoms with Gasteiger partial charge in [0.15, 0.2) is 0 Å². The summed E-state index contributed by atoms with van der Waals surface area (Å²) in [6.45, 7) is 7.13. The second kappa shape index (κ2) is 6.23. The molecule has 0 aromatic rings. The van der Waals surface area contributed by atoms with Gasteiger partial charge >= 0.3 is 0 Å². The van der Waals surface area contributed by atoms with Gasteiger partial charge in [-0.2, -0.15) is 0 Å². The number of likely N-dealkylation sites (tertiary alicyclic amines) is 1. The third-order valence-electron chi connectivity index (χ3n) is 3.52. The predicted octanol–water partition coefficient (Wildman–Crippen LogP) is 3.46. The Morgan fingerprint density at radius 1 is 1.21 bits per heavy atom. The third-order valence-corrected chi connectivity index (χ3v) is 3.52. The second-order valence-electron chi connectivity index (χ2n) is 4.58. The molecule has 0 amide bonds. The standard InChI is InChI=1S/C13H25N/c1-4-12(5-2)6-7-13-8-10-14(3)11-9-13/h7,12H,4-6,8-11H2,1-3H3. The topological polar surface area (TPSA) is 3.24 Å². The normalized spacial score (nSPS) is 19.0. The maximum absolute atomic E-state index is 2.52. The summed E-state index contributed by atoms with van der Waals surface area (Å²) in [6, 6.07) is 0. The third kappa shape index (κ3) is 3.83. The van der Waals surface area contributed by atoms with Gasteiger partial charge in [0.1, 0.15) is 0 Å². The first-order valence-electron chi connectivity index (χ1n) is 6.12. The molecule has 1 fully saturated rings. The Morgan fingerprint density at radius 2 is 1.79 bits per heavy atom. The van der Waals surface area contributed by atoms with E-state index in [0.717, 1.165) is 5.92 Å². The van der Waals surface area contributed by atoms with Crippen molar-refractivity contribution in [1.29, 1.82) is 0 Å². The molecule has 0 aromatic heterocycles. The second-order valence-corrected chi connectivity index (χ2v) is 4.58. The lowest BCUT2D eigenvalue weighted by atomic mass is 9.95. The summed E-state index contributed by atoms with van der Waals surface area (Å²) in [7, 11) is 2.22. The van der Waals surface area contributed by atoms with Gasteiger partial charge in [-0.1, -0.05) is 38.3 Å². The lowest BCUT2D eigenvalue weighted by Gasteiger charge is -2.24. The van der Waals surface area contributed by atoms with Crippen molar-refractivity contribution in [2.45, 2.75) is 46.0 Å². The van der Waals surface area contributed by atoms with Gasteiger partial charge in [-0.3, -0.25) is 0 Å². The molecule has 0 aromatic carbocycles. The summed E-state index contributed by atoms with van der Waals surface area (Å²) in [6.07, 6.45) is 9.10. The molecule has 0 saturated carbocycles. The minimum atomic E-state index is 0.919. The molecule has 1 nitrogen and oxygen atoms in total. The van der Waals surface area contributed by atoms with E-state index in [9.17, 15) is 0 Å². The summed E-state index contributed by atoms with van der Waals surface area (Å²) in [5.41, 5.74) is 1.70. The zero-order valence-electron chi connectivity index (χ0n) is 10.1. The number of hydrogen-bond acceptors (Lipinski definition) is 1. The number of allylic oxidation sites excluding steroid dienone is 1. The van der Waals surface area contributed by atoms with Crippen LogP contribution in [-0.4, -0.2) is 25.0 Å². The average Bonchev–Trinajstić information content (AvgIpc) is 2.22. The molecule has 82 valence electrons. The molecule has 0 bridgehead atoms. The lowest BCUT2D eigenvalue weighted by molar-refractivity contribution is 0.311. The largest absolute Gasteiger partial charge is 0.306 e. The molecule has 1 heterocycles. The number of hydrogen-bond donors (Lipinski definition) is 0. The zero-order chi connectivity index (χ0) is 10.4. The van der Waals surface area contributed by atoms with Crippen molar-refractivity contribution in [2.24, 2.45) is 5.92 Å². The van der Waals surface area contributed by atoms with Crippen LogP contribution in [0, 0.1) is 5.92 Å². The molecule has 0 atom stereocenters. The van der Waals surface area contributed by atoms with E-state index in [-0.39, 0.29) is 0 Å². The van der Waals surface area contributed by atoms with Crippen LogP contribution in [0.4, 0.5) is 0 Å². The van der Waals surface area contributed by atoms with Crippen LogP contribution in [0.1, 0.15) is 46.0 Å². The highest BCUT2D eigenvalue weighted by molar-refractivity contribution is 5.05. The molecule has 1 saturated heterocycles. The summed E-state index contributed by atoms with van der Waals surface area (Å²) >= 11 is 0. The summed E-state index contributed by atoms with van der Waals surface area (Å²) < 4.78 is 0. The van der Waals surface area contributed by atoms with Crippen molar-refractivity contribution in [1.82, 2.24) is 4.90 Å². The predicted molar refractivity (Wildman–Crippen MR) is 63.5 cm³/mol. The molecular formula is C13H25N. The first kappa shape index (κ1) is 11.8. The van der Waals surface area contributed by atoms with Crippen LogP contribution in [0.2, 0.25) is 0 Å². The fourth-order valence-corrected chi connectivity index (χ4v) is 2.07. The molecule has 1 rings (SSSR count). The summed E-state index contributed by atoms with van der Waals surface area (Å²) in [4.78, 5) is 2.43. The molecule has 0 unspecified atom stereocenters. The van der Waals surface area contributed by atoms with Crippen molar-refractivity contribution in [3.8, 4) is 0 Å². The first-order valence-corrected chi connectivity index (χ1v) is 6.12. The van der Waals surface area contributed by atoms with E-state index >= 15 is 0 Å². The fourth-order valence-electron chi connectivity index (χ4n) is 2.07. The van der Waals surface area contributed by atoms with E-state index in [2.05, 4.69) is 31.9 Å². The molecule has 14 heavy (non-hydrogen) atoms. The Kier molecular flexibility index (Phi) is 5.24. The van der Waals surface area contributed by atoms with Crippen molar-refractivity contribution < 1.29 is 0 Å². The number of piperidine rings is 1. The SMILES string of the molecule is CCC(CC)CC=C1CCN(C)CC1. The van der Waals surface area contributed by atoms with Gasteiger partial charge in [-0.15, -0.1) is 0 Å². The van der Waals surface area contributed by atoms with Crippen molar-refractivity contribution in [3.63, 3.8) is 0 Å². The smallest absolute Gasteiger partial charge is 0.00157 e. The van der Waals surface area contributed by atoms with Crippen molar-refractivity contribution >= 4 is 0 Å². The summed E-state index contributed by atoms with van der Waals surface area (Å²) in [5.74, 6) is 0.919. The minimum absolute atomic E-state index is 0.919. The van der Waals surface area contributed by atoms with Crippen molar-refractivity contribution in [2.75, 3.05) is 20.1 Å². The van der Waals surface area contributed by atoms with E-state index in [4.69, 9.17) is 0 Å². The van der Waals surface area contributed by atoms with Gasteiger partial charge < -0.3 is 4.90 Å². The molecule has 1 aliphatic heterocycles. The van der Waals surface area contributed by atoms with Gasteiger partial charge in [0.25, 0.3) is 0 Å². The van der Waals surface area contributed by atoms with Crippen LogP contribution in [0.25, 0.3) is 0 Å². The molecule has 0 N–H and O–H groups in total. The highest BCUT2D eigenvalue weighted by Gasteiger charge is 2.10. The number of nitrogens with zero attached hydrogens (tertiary/aromatic N) is 1. The van der Waals surface area contributed by atoms with Gasteiger partial charge in [-0.05, 0) is 32.2 Å². The monoisotopic (exact) mass is 195 g/mol. The van der Waals surface area contributed by atoms with E-state index in [0.29, 0.717) is 0 Å². The molecule has 0 spiro atoms. The van der Waals surface area contributed by atoms with Crippen LogP contribution in [0.15, 0.2) is 11.6 Å². The quantitative estimate of drug-likeness (QED) is 0.621. The Balaban J connectivity index is 2.30. The first-order chi connectivity index (χ1) is 6.76. The molecule has 1 aliphatic rings. The Morgan fingerprint density at radius 3 is 2.29 bits per heavy atom. The van der Waals surface area contributed by atoms with Crippen LogP contribution in [-0.2, 0) is 0 Å². The maximum atomic E-state index is 2.52. The van der Waals surface area contributed by atoms with Crippen LogP contribution in [0.3, 0.4) is 0 Å². The number of rotatable bonds is 4. The van der Waals surface area contributed by atoms with Gasteiger partial charge in [-0.25, -0.2) is 0 Å². The molecule has 1 heteroatoms. The van der Waals surface area contributed by atoms with E-state index < -0.39 is 0 Å². The minimum Gasteiger partial charge on any atom is -0.306 e. The fraction of sp³-hybridized carbons (Fsp3) is 0.846. The van der Waals surface area contributed by atoms with E-state index in [1.807, 2.05) is 0 Å². The van der Waals surface area contributed by atoms with E-state index in [1.54, 1.807) is 5.57 Å². The summed E-state index contributed by atoms with van der Waals surface area (Å²) in [5, 5.41) is 0.